The molecule has 0 atom stereocenters. The van der Waals surface area contributed by atoms with Crippen LogP contribution < -0.4 is 5.56 Å². The highest BCUT2D eigenvalue weighted by atomic mass is 35.5. The van der Waals surface area contributed by atoms with Crippen LogP contribution in [-0.4, -0.2) is 10.2 Å². The molecule has 3 nitrogen and oxygen atoms in total. The van der Waals surface area contributed by atoms with Gasteiger partial charge in [-0.3, -0.25) is 4.79 Å². The summed E-state index contributed by atoms with van der Waals surface area (Å²) < 4.78 is 0.752. The van der Waals surface area contributed by atoms with Gasteiger partial charge in [0.05, 0.1) is 14.6 Å². The maximum Gasteiger partial charge on any atom is 0.272 e. The van der Waals surface area contributed by atoms with Gasteiger partial charge in [0.2, 0.25) is 0 Å². The molecule has 0 saturated heterocycles. The van der Waals surface area contributed by atoms with Crippen molar-refractivity contribution in [3.8, 4) is 10.6 Å². The molecule has 0 fully saturated rings. The fourth-order valence-corrected chi connectivity index (χ4v) is 3.08. The molecule has 3 aromatic rings. The molecule has 5 heteroatoms. The number of aryl methyl sites for hydroxylation is 1. The monoisotopic (exact) mass is 276 g/mol. The van der Waals surface area contributed by atoms with Crippen molar-refractivity contribution in [2.75, 3.05) is 0 Å². The molecule has 1 N–H and O–H groups in total. The summed E-state index contributed by atoms with van der Waals surface area (Å²) in [4.78, 5) is 12.7. The molecule has 1 aromatic carbocycles. The van der Waals surface area contributed by atoms with E-state index in [1.165, 1.54) is 11.3 Å². The first-order chi connectivity index (χ1) is 8.66. The zero-order chi connectivity index (χ0) is 12.7. The van der Waals surface area contributed by atoms with Gasteiger partial charge in [-0.2, -0.15) is 5.10 Å². The van der Waals surface area contributed by atoms with Gasteiger partial charge in [0.25, 0.3) is 5.56 Å². The summed E-state index contributed by atoms with van der Waals surface area (Å²) in [6.45, 7) is 1.95. The number of hydrogen-bond donors (Lipinski definition) is 1. The van der Waals surface area contributed by atoms with E-state index < -0.39 is 0 Å². The number of hydrogen-bond acceptors (Lipinski definition) is 3. The van der Waals surface area contributed by atoms with E-state index in [1.807, 2.05) is 31.2 Å². The third-order valence-corrected chi connectivity index (χ3v) is 4.35. The van der Waals surface area contributed by atoms with Crippen LogP contribution in [0.1, 0.15) is 5.56 Å². The predicted octanol–water partition coefficient (Wildman–Crippen LogP) is 3.61. The molecule has 0 spiro atoms. The Morgan fingerprint density at radius 3 is 2.67 bits per heavy atom. The molecule has 2 aromatic heterocycles. The highest BCUT2D eigenvalue weighted by Gasteiger charge is 2.11. The summed E-state index contributed by atoms with van der Waals surface area (Å²) in [5.41, 5.74) is 1.62. The first kappa shape index (κ1) is 11.4. The molecule has 0 aliphatic carbocycles. The van der Waals surface area contributed by atoms with E-state index in [9.17, 15) is 4.79 Å². The zero-order valence-electron chi connectivity index (χ0n) is 9.53. The van der Waals surface area contributed by atoms with E-state index in [2.05, 4.69) is 10.2 Å². The third-order valence-electron chi connectivity index (χ3n) is 2.79. The van der Waals surface area contributed by atoms with Gasteiger partial charge < -0.3 is 0 Å². The van der Waals surface area contributed by atoms with Crippen LogP contribution in [0.5, 0.6) is 0 Å². The first-order valence-corrected chi connectivity index (χ1v) is 6.60. The van der Waals surface area contributed by atoms with Crippen molar-refractivity contribution in [3.05, 3.63) is 50.6 Å². The van der Waals surface area contributed by atoms with E-state index in [4.69, 9.17) is 11.6 Å². The van der Waals surface area contributed by atoms with Crippen molar-refractivity contribution in [2.24, 2.45) is 0 Å². The number of aromatic nitrogens is 2. The van der Waals surface area contributed by atoms with Gasteiger partial charge in [-0.25, -0.2) is 5.10 Å². The van der Waals surface area contributed by atoms with Crippen LogP contribution in [0.2, 0.25) is 4.34 Å². The van der Waals surface area contributed by atoms with Crippen LogP contribution in [0.25, 0.3) is 21.3 Å². The van der Waals surface area contributed by atoms with Crippen molar-refractivity contribution in [1.29, 1.82) is 0 Å². The lowest BCUT2D eigenvalue weighted by Crippen LogP contribution is -2.08. The number of nitrogens with one attached hydrogen (secondary N) is 1. The molecule has 0 bridgehead atoms. The largest absolute Gasteiger partial charge is 0.272 e. The number of H-pyrrole nitrogens is 1. The summed E-state index contributed by atoms with van der Waals surface area (Å²) in [5.74, 6) is 0. The highest BCUT2D eigenvalue weighted by Crippen LogP contribution is 2.35. The summed E-state index contributed by atoms with van der Waals surface area (Å²) in [6.07, 6.45) is 0. The van der Waals surface area contributed by atoms with Gasteiger partial charge in [-0.05, 0) is 24.6 Å². The molecule has 0 saturated carbocycles. The van der Waals surface area contributed by atoms with Crippen molar-refractivity contribution in [3.63, 3.8) is 0 Å². The molecule has 0 aliphatic rings. The molecular weight excluding hydrogens is 268 g/mol. The molecule has 0 amide bonds. The Morgan fingerprint density at radius 2 is 2.00 bits per heavy atom. The van der Waals surface area contributed by atoms with E-state index in [1.54, 1.807) is 6.07 Å². The Kier molecular flexibility index (Phi) is 2.69. The van der Waals surface area contributed by atoms with Crippen LogP contribution in [0.4, 0.5) is 0 Å². The van der Waals surface area contributed by atoms with Crippen molar-refractivity contribution < 1.29 is 0 Å². The van der Waals surface area contributed by atoms with Gasteiger partial charge in [-0.1, -0.05) is 29.8 Å². The van der Waals surface area contributed by atoms with Crippen LogP contribution in [0.3, 0.4) is 0 Å². The number of aromatic amines is 1. The highest BCUT2D eigenvalue weighted by molar-refractivity contribution is 7.19. The normalized spacial score (nSPS) is 11.0. The van der Waals surface area contributed by atoms with Crippen LogP contribution in [0.15, 0.2) is 35.1 Å². The molecule has 0 unspecified atom stereocenters. The van der Waals surface area contributed by atoms with Crippen molar-refractivity contribution in [2.45, 2.75) is 6.92 Å². The second kappa shape index (κ2) is 4.23. The maximum absolute atomic E-state index is 11.7. The molecule has 18 heavy (non-hydrogen) atoms. The SMILES string of the molecule is Cc1cc(-c2n[nH]c(=O)c3ccccc23)sc1Cl. The number of benzene rings is 1. The molecular formula is C13H9ClN2OS. The topological polar surface area (TPSA) is 45.8 Å². The Labute approximate surface area is 112 Å². The van der Waals surface area contributed by atoms with E-state index in [0.29, 0.717) is 5.39 Å². The minimum Gasteiger partial charge on any atom is -0.267 e. The lowest BCUT2D eigenvalue weighted by Gasteiger charge is -2.01. The van der Waals surface area contributed by atoms with Crippen molar-refractivity contribution in [1.82, 2.24) is 10.2 Å². The number of thiophene rings is 1. The second-order valence-corrected chi connectivity index (χ2v) is 5.67. The van der Waals surface area contributed by atoms with Crippen LogP contribution in [-0.2, 0) is 0 Å². The Morgan fingerprint density at radius 1 is 1.28 bits per heavy atom. The van der Waals surface area contributed by atoms with Gasteiger partial charge in [-0.15, -0.1) is 11.3 Å². The lowest BCUT2D eigenvalue weighted by molar-refractivity contribution is 1.02. The molecule has 90 valence electrons. The molecule has 0 radical (unpaired) electrons. The van der Waals surface area contributed by atoms with E-state index in [0.717, 1.165) is 25.9 Å². The minimum atomic E-state index is -0.172. The Hall–Kier alpha value is -1.65. The Bertz CT molecular complexity index is 772. The number of rotatable bonds is 1. The quantitative estimate of drug-likeness (QED) is 0.738. The van der Waals surface area contributed by atoms with Crippen LogP contribution >= 0.6 is 22.9 Å². The summed E-state index contributed by atoms with van der Waals surface area (Å²) >= 11 is 7.55. The molecule has 0 aliphatic heterocycles. The smallest absolute Gasteiger partial charge is 0.267 e. The van der Waals surface area contributed by atoms with Gasteiger partial charge in [0, 0.05) is 5.39 Å². The molecule has 2 heterocycles. The Balaban J connectivity index is 2.36. The average molecular weight is 277 g/mol. The first-order valence-electron chi connectivity index (χ1n) is 5.40. The zero-order valence-corrected chi connectivity index (χ0v) is 11.1. The number of fused-ring (bicyclic) bond motifs is 1. The summed E-state index contributed by atoms with van der Waals surface area (Å²) in [6, 6.07) is 9.42. The molecule has 3 rings (SSSR count). The van der Waals surface area contributed by atoms with E-state index >= 15 is 0 Å². The second-order valence-electron chi connectivity index (χ2n) is 4.01. The lowest BCUT2D eigenvalue weighted by atomic mass is 10.1. The van der Waals surface area contributed by atoms with Crippen molar-refractivity contribution >= 4 is 33.7 Å². The number of nitrogens with zero attached hydrogens (tertiary/aromatic N) is 1. The third kappa shape index (κ3) is 1.74. The number of halogens is 1. The maximum atomic E-state index is 11.7. The van der Waals surface area contributed by atoms with E-state index in [-0.39, 0.29) is 5.56 Å². The average Bonchev–Trinajstić information content (AvgIpc) is 2.70. The summed E-state index contributed by atoms with van der Waals surface area (Å²) in [5, 5.41) is 8.16. The fraction of sp³-hybridized carbons (Fsp3) is 0.0769. The van der Waals surface area contributed by atoms with Gasteiger partial charge in [0.15, 0.2) is 0 Å². The predicted molar refractivity (Wildman–Crippen MR) is 75.4 cm³/mol. The van der Waals surface area contributed by atoms with Crippen LogP contribution in [0, 0.1) is 6.92 Å². The standard InChI is InChI=1S/C13H9ClN2OS/c1-7-6-10(18-12(7)14)11-8-4-2-3-5-9(8)13(17)16-15-11/h2-6H,1H3,(H,16,17). The van der Waals surface area contributed by atoms with Gasteiger partial charge >= 0.3 is 0 Å². The minimum absolute atomic E-state index is 0.172. The van der Waals surface area contributed by atoms with Gasteiger partial charge in [0.1, 0.15) is 5.69 Å². The summed E-state index contributed by atoms with van der Waals surface area (Å²) in [7, 11) is 0. The fourth-order valence-electron chi connectivity index (χ4n) is 1.88.